The fourth-order valence-corrected chi connectivity index (χ4v) is 2.69. The van der Waals surface area contributed by atoms with Gasteiger partial charge in [-0.25, -0.2) is 0 Å². The Morgan fingerprint density at radius 1 is 1.65 bits per heavy atom. The Labute approximate surface area is 119 Å². The number of amides is 1. The predicted octanol–water partition coefficient (Wildman–Crippen LogP) is 0.538. The summed E-state index contributed by atoms with van der Waals surface area (Å²) in [6.07, 6.45) is 5.16. The second-order valence-electron chi connectivity index (χ2n) is 5.29. The number of rotatable bonds is 6. The van der Waals surface area contributed by atoms with E-state index < -0.39 is 0 Å². The van der Waals surface area contributed by atoms with Crippen LogP contribution in [-0.2, 0) is 23.0 Å². The fraction of sp³-hybridized carbons (Fsp3) is 0.714. The van der Waals surface area contributed by atoms with Gasteiger partial charge >= 0.3 is 0 Å². The van der Waals surface area contributed by atoms with Gasteiger partial charge in [0.2, 0.25) is 5.91 Å². The molecule has 6 nitrogen and oxygen atoms in total. The highest BCUT2D eigenvalue weighted by Crippen LogP contribution is 2.29. The van der Waals surface area contributed by atoms with E-state index in [9.17, 15) is 4.79 Å². The fourth-order valence-electron chi connectivity index (χ4n) is 2.69. The van der Waals surface area contributed by atoms with Crippen LogP contribution < -0.4 is 10.6 Å². The molecule has 0 bridgehead atoms. The molecule has 20 heavy (non-hydrogen) atoms. The van der Waals surface area contributed by atoms with Crippen molar-refractivity contribution in [3.05, 3.63) is 17.5 Å². The van der Waals surface area contributed by atoms with Crippen molar-refractivity contribution < 1.29 is 9.53 Å². The number of carbonyl (C=O) groups excluding carboxylic acids is 1. The summed E-state index contributed by atoms with van der Waals surface area (Å²) in [5, 5.41) is 10.6. The Balaban J connectivity index is 1.92. The van der Waals surface area contributed by atoms with Crippen LogP contribution >= 0.6 is 0 Å². The molecule has 1 aromatic heterocycles. The zero-order valence-electron chi connectivity index (χ0n) is 12.5. The van der Waals surface area contributed by atoms with Crippen molar-refractivity contribution in [2.45, 2.75) is 38.3 Å². The van der Waals surface area contributed by atoms with Crippen LogP contribution in [0.3, 0.4) is 0 Å². The van der Waals surface area contributed by atoms with Gasteiger partial charge in [-0.1, -0.05) is 0 Å². The van der Waals surface area contributed by atoms with E-state index in [2.05, 4.69) is 15.7 Å². The minimum atomic E-state index is -0.219. The van der Waals surface area contributed by atoms with Crippen molar-refractivity contribution in [2.75, 3.05) is 20.3 Å². The van der Waals surface area contributed by atoms with Crippen molar-refractivity contribution >= 4 is 5.91 Å². The Morgan fingerprint density at radius 2 is 2.45 bits per heavy atom. The number of aromatic nitrogens is 2. The monoisotopic (exact) mass is 280 g/mol. The SMILES string of the molecule is COCCNC(=O)C(C)NC1CCCc2c1cnn2C. The van der Waals surface area contributed by atoms with E-state index in [1.165, 1.54) is 11.3 Å². The van der Waals surface area contributed by atoms with Crippen LogP contribution in [0.4, 0.5) is 0 Å². The van der Waals surface area contributed by atoms with Gasteiger partial charge in [-0.05, 0) is 26.2 Å². The molecule has 0 saturated heterocycles. The van der Waals surface area contributed by atoms with Gasteiger partial charge in [-0.3, -0.25) is 14.8 Å². The Hall–Kier alpha value is -1.40. The highest BCUT2D eigenvalue weighted by molar-refractivity contribution is 5.81. The zero-order valence-corrected chi connectivity index (χ0v) is 12.5. The van der Waals surface area contributed by atoms with Crippen LogP contribution in [0.5, 0.6) is 0 Å². The van der Waals surface area contributed by atoms with Crippen molar-refractivity contribution in [3.63, 3.8) is 0 Å². The van der Waals surface area contributed by atoms with Crippen LogP contribution in [0.2, 0.25) is 0 Å². The lowest BCUT2D eigenvalue weighted by Crippen LogP contribution is -2.45. The number of hydrogen-bond acceptors (Lipinski definition) is 4. The number of ether oxygens (including phenoxy) is 1. The molecular weight excluding hydrogens is 256 g/mol. The summed E-state index contributed by atoms with van der Waals surface area (Å²) in [5.41, 5.74) is 2.51. The average Bonchev–Trinajstić information content (AvgIpc) is 2.82. The standard InChI is InChI=1S/C14H24N4O2/c1-10(14(19)15-7-8-20-3)17-12-5-4-6-13-11(12)9-16-18(13)2/h9-10,12,17H,4-8H2,1-3H3,(H,15,19). The minimum absolute atomic E-state index is 0.0121. The highest BCUT2D eigenvalue weighted by Gasteiger charge is 2.26. The number of nitrogens with zero attached hydrogens (tertiary/aromatic N) is 2. The molecule has 0 aromatic carbocycles. The molecule has 1 aliphatic rings. The summed E-state index contributed by atoms with van der Waals surface area (Å²) in [5.74, 6) is 0.0121. The molecule has 0 aliphatic heterocycles. The molecule has 0 saturated carbocycles. The number of aryl methyl sites for hydroxylation is 1. The first-order valence-electron chi connectivity index (χ1n) is 7.17. The van der Waals surface area contributed by atoms with Crippen LogP contribution in [0.15, 0.2) is 6.20 Å². The third-order valence-electron chi connectivity index (χ3n) is 3.83. The highest BCUT2D eigenvalue weighted by atomic mass is 16.5. The molecule has 2 atom stereocenters. The Bertz CT molecular complexity index is 458. The van der Waals surface area contributed by atoms with Gasteiger partial charge < -0.3 is 10.1 Å². The van der Waals surface area contributed by atoms with Crippen molar-refractivity contribution in [2.24, 2.45) is 7.05 Å². The van der Waals surface area contributed by atoms with Crippen molar-refractivity contribution in [1.29, 1.82) is 0 Å². The summed E-state index contributed by atoms with van der Waals surface area (Å²) in [4.78, 5) is 12.0. The molecule has 1 aliphatic carbocycles. The largest absolute Gasteiger partial charge is 0.383 e. The normalized spacial score (nSPS) is 19.4. The lowest BCUT2D eigenvalue weighted by molar-refractivity contribution is -0.123. The van der Waals surface area contributed by atoms with Gasteiger partial charge in [0.05, 0.1) is 18.8 Å². The molecule has 2 unspecified atom stereocenters. The second-order valence-corrected chi connectivity index (χ2v) is 5.29. The first kappa shape index (κ1) is 15.0. The number of hydrogen-bond donors (Lipinski definition) is 2. The third-order valence-corrected chi connectivity index (χ3v) is 3.83. The number of fused-ring (bicyclic) bond motifs is 1. The summed E-state index contributed by atoms with van der Waals surface area (Å²) < 4.78 is 6.86. The number of methoxy groups -OCH3 is 1. The van der Waals surface area contributed by atoms with Gasteiger partial charge in [-0.15, -0.1) is 0 Å². The molecule has 6 heteroatoms. The first-order valence-corrected chi connectivity index (χ1v) is 7.17. The van der Waals surface area contributed by atoms with E-state index in [1.807, 2.05) is 24.9 Å². The smallest absolute Gasteiger partial charge is 0.236 e. The molecule has 1 amide bonds. The van der Waals surface area contributed by atoms with Gasteiger partial charge in [0.15, 0.2) is 0 Å². The zero-order chi connectivity index (χ0) is 14.5. The summed E-state index contributed by atoms with van der Waals surface area (Å²) in [7, 11) is 3.60. The number of nitrogens with one attached hydrogen (secondary N) is 2. The Morgan fingerprint density at radius 3 is 3.20 bits per heavy atom. The lowest BCUT2D eigenvalue weighted by atomic mass is 9.92. The van der Waals surface area contributed by atoms with Crippen LogP contribution in [-0.4, -0.2) is 42.0 Å². The van der Waals surface area contributed by atoms with E-state index in [4.69, 9.17) is 4.74 Å². The van der Waals surface area contributed by atoms with Gasteiger partial charge in [0.25, 0.3) is 0 Å². The van der Waals surface area contributed by atoms with Gasteiger partial charge in [-0.2, -0.15) is 5.10 Å². The molecule has 1 heterocycles. The molecule has 2 rings (SSSR count). The van der Waals surface area contributed by atoms with Crippen molar-refractivity contribution in [1.82, 2.24) is 20.4 Å². The van der Waals surface area contributed by atoms with Gasteiger partial charge in [0, 0.05) is 38.0 Å². The maximum atomic E-state index is 12.0. The lowest BCUT2D eigenvalue weighted by Gasteiger charge is -2.26. The molecule has 0 spiro atoms. The van der Waals surface area contributed by atoms with E-state index >= 15 is 0 Å². The topological polar surface area (TPSA) is 68.2 Å². The molecule has 112 valence electrons. The molecular formula is C14H24N4O2. The first-order chi connectivity index (χ1) is 9.63. The summed E-state index contributed by atoms with van der Waals surface area (Å²) >= 11 is 0. The van der Waals surface area contributed by atoms with Crippen molar-refractivity contribution in [3.8, 4) is 0 Å². The van der Waals surface area contributed by atoms with Crippen LogP contribution in [0, 0.1) is 0 Å². The predicted molar refractivity (Wildman–Crippen MR) is 76.4 cm³/mol. The van der Waals surface area contributed by atoms with E-state index in [-0.39, 0.29) is 18.0 Å². The summed E-state index contributed by atoms with van der Waals surface area (Å²) in [6, 6.07) is -0.00126. The quantitative estimate of drug-likeness (QED) is 0.746. The number of carbonyl (C=O) groups is 1. The summed E-state index contributed by atoms with van der Waals surface area (Å²) in [6.45, 7) is 2.98. The van der Waals surface area contributed by atoms with E-state index in [0.29, 0.717) is 13.2 Å². The van der Waals surface area contributed by atoms with Gasteiger partial charge in [0.1, 0.15) is 0 Å². The molecule has 0 fully saturated rings. The molecule has 1 aromatic rings. The van der Waals surface area contributed by atoms with E-state index in [0.717, 1.165) is 19.3 Å². The average molecular weight is 280 g/mol. The molecule has 2 N–H and O–H groups in total. The second kappa shape index (κ2) is 6.85. The maximum absolute atomic E-state index is 12.0. The maximum Gasteiger partial charge on any atom is 0.236 e. The van der Waals surface area contributed by atoms with E-state index in [1.54, 1.807) is 7.11 Å². The Kier molecular flexibility index (Phi) is 5.14. The minimum Gasteiger partial charge on any atom is -0.383 e. The molecule has 0 radical (unpaired) electrons. The van der Waals surface area contributed by atoms with Crippen LogP contribution in [0.25, 0.3) is 0 Å². The third kappa shape index (κ3) is 3.37. The van der Waals surface area contributed by atoms with Crippen LogP contribution in [0.1, 0.15) is 37.1 Å².